The van der Waals surface area contributed by atoms with Gasteiger partial charge >= 0.3 is 0 Å². The minimum absolute atomic E-state index is 0.177. The Labute approximate surface area is 258 Å². The van der Waals surface area contributed by atoms with E-state index in [0.717, 1.165) is 64.0 Å². The van der Waals surface area contributed by atoms with Gasteiger partial charge in [0.2, 0.25) is 5.95 Å². The molecule has 1 amide bonds. The molecule has 0 aliphatic carbocycles. The number of carbonyl (C=O) groups excluding carboxylic acids is 1. The third-order valence-corrected chi connectivity index (χ3v) is 8.24. The van der Waals surface area contributed by atoms with Gasteiger partial charge in [0.05, 0.1) is 48.6 Å². The van der Waals surface area contributed by atoms with Crippen molar-refractivity contribution in [3.8, 4) is 11.1 Å². The number of hydrogen-bond donors (Lipinski definition) is 0. The van der Waals surface area contributed by atoms with Crippen LogP contribution in [-0.4, -0.2) is 65.5 Å². The molecule has 2 aromatic carbocycles. The third kappa shape index (κ3) is 5.96. The van der Waals surface area contributed by atoms with Gasteiger partial charge in [-0.25, -0.2) is 14.3 Å². The number of carbonyl (C=O) groups is 1. The summed E-state index contributed by atoms with van der Waals surface area (Å²) < 4.78 is 33.1. The number of aromatic nitrogens is 5. The Balaban J connectivity index is 1.33. The van der Waals surface area contributed by atoms with E-state index in [1.54, 1.807) is 42.6 Å². The van der Waals surface area contributed by atoms with Crippen LogP contribution >= 0.6 is 0 Å². The number of rotatable bonds is 9. The van der Waals surface area contributed by atoms with Gasteiger partial charge in [0.1, 0.15) is 11.3 Å². The van der Waals surface area contributed by atoms with Crippen LogP contribution in [0.15, 0.2) is 73.1 Å². The van der Waals surface area contributed by atoms with Gasteiger partial charge < -0.3 is 18.8 Å². The van der Waals surface area contributed by atoms with Crippen molar-refractivity contribution < 1.29 is 18.3 Å². The van der Waals surface area contributed by atoms with Crippen molar-refractivity contribution in [2.24, 2.45) is 0 Å². The first kappa shape index (κ1) is 29.5. The highest BCUT2D eigenvalue weighted by atomic mass is 32.2. The maximum Gasteiger partial charge on any atom is 0.269 e. The van der Waals surface area contributed by atoms with Crippen LogP contribution in [0.1, 0.15) is 40.8 Å². The molecule has 0 spiro atoms. The van der Waals surface area contributed by atoms with Gasteiger partial charge in [0.15, 0.2) is 5.65 Å². The van der Waals surface area contributed by atoms with Crippen molar-refractivity contribution in [3.63, 3.8) is 0 Å². The van der Waals surface area contributed by atoms with E-state index in [0.29, 0.717) is 31.3 Å². The Bertz CT molecular complexity index is 1810. The highest BCUT2D eigenvalue weighted by Gasteiger charge is 2.23. The normalized spacial score (nSPS) is 14.1. The van der Waals surface area contributed by atoms with Gasteiger partial charge in [-0.15, -0.1) is 0 Å². The largest absolute Gasteiger partial charge is 0.755 e. The van der Waals surface area contributed by atoms with Gasteiger partial charge in [-0.3, -0.25) is 14.0 Å². The number of aryl methyl sites for hydroxylation is 2. The van der Waals surface area contributed by atoms with E-state index in [1.165, 1.54) is 6.20 Å². The summed E-state index contributed by atoms with van der Waals surface area (Å²) in [5.41, 5.74) is 5.23. The molecule has 3 aromatic heterocycles. The lowest BCUT2D eigenvalue weighted by molar-refractivity contribution is 0.100. The Morgan fingerprint density at radius 2 is 1.77 bits per heavy atom. The van der Waals surface area contributed by atoms with Crippen molar-refractivity contribution in [1.82, 2.24) is 24.5 Å². The van der Waals surface area contributed by atoms with Crippen LogP contribution in [0.3, 0.4) is 0 Å². The van der Waals surface area contributed by atoms with Gasteiger partial charge in [0, 0.05) is 36.8 Å². The highest BCUT2D eigenvalue weighted by molar-refractivity contribution is 7.81. The first-order valence-corrected chi connectivity index (χ1v) is 15.6. The molecule has 0 saturated carbocycles. The number of morpholine rings is 1. The summed E-state index contributed by atoms with van der Waals surface area (Å²) in [6.07, 6.45) is 4.71. The second-order valence-corrected chi connectivity index (χ2v) is 11.3. The first-order chi connectivity index (χ1) is 21.4. The Morgan fingerprint density at radius 3 is 2.48 bits per heavy atom. The zero-order valence-electron chi connectivity index (χ0n) is 24.5. The summed E-state index contributed by atoms with van der Waals surface area (Å²) >= 11 is -2.86. The quantitative estimate of drug-likeness (QED) is 0.222. The number of hydrogen-bond acceptors (Lipinski definition) is 9. The number of nitrogens with zero attached hydrogens (tertiary/aromatic N) is 7. The van der Waals surface area contributed by atoms with E-state index in [1.807, 2.05) is 31.2 Å². The van der Waals surface area contributed by atoms with Crippen LogP contribution in [-0.2, 0) is 29.0 Å². The summed E-state index contributed by atoms with van der Waals surface area (Å²) in [7, 11) is 0. The second kappa shape index (κ2) is 13.0. The smallest absolute Gasteiger partial charge is 0.269 e. The molecule has 0 bridgehead atoms. The number of imidazole rings is 1. The van der Waals surface area contributed by atoms with Crippen molar-refractivity contribution in [2.45, 2.75) is 33.2 Å². The van der Waals surface area contributed by atoms with E-state index in [2.05, 4.69) is 21.4 Å². The van der Waals surface area contributed by atoms with E-state index < -0.39 is 17.2 Å². The molecule has 0 radical (unpaired) electrons. The average molecular weight is 611 g/mol. The maximum absolute atomic E-state index is 13.2. The standard InChI is InChI=1S/C32H33N7O4S/c1-3-7-28-35-29-22(2)34-32(37-16-18-43-19-17-37)36-30(29)38(28)21-23-10-12-24(13-11-23)26-14-15-33-20-27(26)39(44(41)42)31(40)25-8-5-4-6-9-25/h4-6,8-15,20H,3,7,16-19,21H2,1-2H3,(H,41,42)/p-1. The predicted molar refractivity (Wildman–Crippen MR) is 168 cm³/mol. The molecule has 1 fully saturated rings. The fourth-order valence-electron chi connectivity index (χ4n) is 5.37. The van der Waals surface area contributed by atoms with Crippen molar-refractivity contribution in [1.29, 1.82) is 0 Å². The number of ether oxygens (including phenoxy) is 1. The van der Waals surface area contributed by atoms with Crippen molar-refractivity contribution in [2.75, 3.05) is 35.5 Å². The van der Waals surface area contributed by atoms with Crippen LogP contribution in [0.4, 0.5) is 11.6 Å². The van der Waals surface area contributed by atoms with Gasteiger partial charge in [-0.05, 0) is 42.7 Å². The predicted octanol–water partition coefficient (Wildman–Crippen LogP) is 4.48. The van der Waals surface area contributed by atoms with Crippen molar-refractivity contribution >= 4 is 40.0 Å². The van der Waals surface area contributed by atoms with Crippen LogP contribution in [0.25, 0.3) is 22.3 Å². The topological polar surface area (TPSA) is 129 Å². The summed E-state index contributed by atoms with van der Waals surface area (Å²) in [4.78, 5) is 34.2. The molecule has 11 nitrogen and oxygen atoms in total. The van der Waals surface area contributed by atoms with Crippen molar-refractivity contribution in [3.05, 3.63) is 95.7 Å². The van der Waals surface area contributed by atoms with Crippen LogP contribution < -0.4 is 9.21 Å². The van der Waals surface area contributed by atoms with Gasteiger partial charge in [-0.2, -0.15) is 4.98 Å². The first-order valence-electron chi connectivity index (χ1n) is 14.5. The lowest BCUT2D eigenvalue weighted by Gasteiger charge is -2.27. The Kier molecular flexibility index (Phi) is 8.73. The molecule has 1 saturated heterocycles. The van der Waals surface area contributed by atoms with E-state index in [4.69, 9.17) is 19.7 Å². The zero-order chi connectivity index (χ0) is 30.6. The lowest BCUT2D eigenvalue weighted by atomic mass is 10.0. The molecule has 1 aliphatic heterocycles. The summed E-state index contributed by atoms with van der Waals surface area (Å²) in [6, 6.07) is 17.8. The van der Waals surface area contributed by atoms with Crippen LogP contribution in [0.2, 0.25) is 0 Å². The van der Waals surface area contributed by atoms with Crippen LogP contribution in [0.5, 0.6) is 0 Å². The Morgan fingerprint density at radius 1 is 1.02 bits per heavy atom. The monoisotopic (exact) mass is 610 g/mol. The molecule has 12 heteroatoms. The SMILES string of the molecule is CCCc1nc2c(C)nc(N3CCOCC3)nc2n1Cc1ccc(-c2ccncc2N(C(=O)c2ccccc2)S(=O)[O-])cc1. The molecule has 6 rings (SSSR count). The maximum atomic E-state index is 13.2. The number of anilines is 2. The van der Waals surface area contributed by atoms with E-state index in [-0.39, 0.29) is 11.3 Å². The molecular weight excluding hydrogens is 578 g/mol. The molecule has 1 aliphatic rings. The summed E-state index contributed by atoms with van der Waals surface area (Å²) in [5, 5.41) is 0. The summed E-state index contributed by atoms with van der Waals surface area (Å²) in [6.45, 7) is 7.44. The molecule has 1 atom stereocenters. The average Bonchev–Trinajstić information content (AvgIpc) is 3.39. The number of benzene rings is 2. The third-order valence-electron chi connectivity index (χ3n) is 7.58. The molecular formula is C32H32N7O4S-. The molecule has 4 heterocycles. The fraction of sp³-hybridized carbons (Fsp3) is 0.281. The van der Waals surface area contributed by atoms with E-state index >= 15 is 0 Å². The molecule has 1 unspecified atom stereocenters. The van der Waals surface area contributed by atoms with Crippen LogP contribution in [0, 0.1) is 6.92 Å². The molecule has 226 valence electrons. The van der Waals surface area contributed by atoms with E-state index in [9.17, 15) is 13.6 Å². The fourth-order valence-corrected chi connectivity index (χ4v) is 5.92. The zero-order valence-corrected chi connectivity index (χ0v) is 25.4. The van der Waals surface area contributed by atoms with Gasteiger partial charge in [-0.1, -0.05) is 49.4 Å². The second-order valence-electron chi connectivity index (χ2n) is 10.5. The number of amides is 1. The summed E-state index contributed by atoms with van der Waals surface area (Å²) in [5.74, 6) is 0.981. The molecule has 0 N–H and O–H groups in total. The minimum Gasteiger partial charge on any atom is -0.755 e. The molecule has 5 aromatic rings. The number of pyridine rings is 1. The molecule has 44 heavy (non-hydrogen) atoms. The lowest BCUT2D eigenvalue weighted by Crippen LogP contribution is -2.37. The number of fused-ring (bicyclic) bond motifs is 1. The highest BCUT2D eigenvalue weighted by Crippen LogP contribution is 2.32. The Hall–Kier alpha value is -4.52. The van der Waals surface area contributed by atoms with Gasteiger partial charge in [0.25, 0.3) is 5.91 Å². The minimum atomic E-state index is -2.86.